The van der Waals surface area contributed by atoms with Gasteiger partial charge >= 0.3 is 11.9 Å². The first-order valence-corrected chi connectivity index (χ1v) is 14.9. The summed E-state index contributed by atoms with van der Waals surface area (Å²) in [7, 11) is 0. The van der Waals surface area contributed by atoms with Crippen LogP contribution in [0.5, 0.6) is 0 Å². The minimum atomic E-state index is -0.0395. The molecule has 0 aliphatic carbocycles. The molecule has 0 aromatic heterocycles. The average Bonchev–Trinajstić information content (AvgIpc) is 2.83. The van der Waals surface area contributed by atoms with E-state index in [9.17, 15) is 9.59 Å². The number of rotatable bonds is 26. The Hall–Kier alpha value is -1.06. The van der Waals surface area contributed by atoms with Gasteiger partial charge in [-0.15, -0.1) is 0 Å². The van der Waals surface area contributed by atoms with Crippen molar-refractivity contribution in [3.8, 4) is 0 Å². The van der Waals surface area contributed by atoms with Crippen molar-refractivity contribution >= 4 is 11.9 Å². The van der Waals surface area contributed by atoms with Crippen LogP contribution in [0, 0.1) is 5.92 Å². The third-order valence-electron chi connectivity index (χ3n) is 6.65. The van der Waals surface area contributed by atoms with Gasteiger partial charge in [0.05, 0.1) is 13.2 Å². The van der Waals surface area contributed by atoms with Crippen LogP contribution in [0.3, 0.4) is 0 Å². The molecule has 0 atom stereocenters. The van der Waals surface area contributed by atoms with Gasteiger partial charge in [-0.25, -0.2) is 0 Å². The Morgan fingerprint density at radius 2 is 0.912 bits per heavy atom. The zero-order valence-electron chi connectivity index (χ0n) is 23.2. The highest BCUT2D eigenvalue weighted by molar-refractivity contribution is 5.69. The highest BCUT2D eigenvalue weighted by Crippen LogP contribution is 2.15. The monoisotopic (exact) mass is 482 g/mol. The smallest absolute Gasteiger partial charge is 0.305 e. The molecule has 4 heteroatoms. The Morgan fingerprint density at radius 1 is 0.500 bits per heavy atom. The van der Waals surface area contributed by atoms with Crippen molar-refractivity contribution in [1.29, 1.82) is 0 Å². The van der Waals surface area contributed by atoms with Gasteiger partial charge in [-0.1, -0.05) is 117 Å². The van der Waals surface area contributed by atoms with Gasteiger partial charge in [-0.3, -0.25) is 9.59 Å². The second-order valence-corrected chi connectivity index (χ2v) is 10.2. The maximum Gasteiger partial charge on any atom is 0.305 e. The normalized spacial score (nSPS) is 11.2. The predicted octanol–water partition coefficient (Wildman–Crippen LogP) is 9.33. The highest BCUT2D eigenvalue weighted by atomic mass is 16.5. The number of hydrogen-bond donors (Lipinski definition) is 0. The summed E-state index contributed by atoms with van der Waals surface area (Å²) in [5, 5.41) is 0. The Morgan fingerprint density at radius 3 is 1.38 bits per heavy atom. The van der Waals surface area contributed by atoms with Crippen molar-refractivity contribution in [2.45, 2.75) is 162 Å². The molecule has 0 spiro atoms. The van der Waals surface area contributed by atoms with Crippen molar-refractivity contribution in [3.63, 3.8) is 0 Å². The fourth-order valence-corrected chi connectivity index (χ4v) is 4.50. The molecule has 0 aliphatic heterocycles. The Labute approximate surface area is 212 Å². The summed E-state index contributed by atoms with van der Waals surface area (Å²) >= 11 is 0. The lowest BCUT2D eigenvalue weighted by atomic mass is 9.99. The number of carbonyl (C=O) groups is 2. The van der Waals surface area contributed by atoms with Crippen LogP contribution in [0.25, 0.3) is 0 Å². The second kappa shape index (κ2) is 26.5. The molecule has 202 valence electrons. The van der Waals surface area contributed by atoms with E-state index in [1.54, 1.807) is 0 Å². The molecule has 34 heavy (non-hydrogen) atoms. The van der Waals surface area contributed by atoms with E-state index in [-0.39, 0.29) is 11.9 Å². The standard InChI is InChI=1S/C30H58O4/c1-4-7-8-9-10-11-12-15-18-21-26-33-29(31)24-19-16-13-14-17-20-25-30(32)34-27-28(22-5-2)23-6-3/h28H,4-27H2,1-3H3. The van der Waals surface area contributed by atoms with Crippen molar-refractivity contribution < 1.29 is 19.1 Å². The number of hydrogen-bond acceptors (Lipinski definition) is 4. The maximum absolute atomic E-state index is 11.9. The molecule has 0 radical (unpaired) electrons. The van der Waals surface area contributed by atoms with Crippen molar-refractivity contribution in [1.82, 2.24) is 0 Å². The predicted molar refractivity (Wildman–Crippen MR) is 144 cm³/mol. The van der Waals surface area contributed by atoms with Crippen molar-refractivity contribution in [2.75, 3.05) is 13.2 Å². The van der Waals surface area contributed by atoms with Crippen LogP contribution < -0.4 is 0 Å². The molecule has 0 aromatic carbocycles. The molecule has 0 rings (SSSR count). The quantitative estimate of drug-likeness (QED) is 0.0910. The summed E-state index contributed by atoms with van der Waals surface area (Å²) in [6.07, 6.45) is 24.8. The zero-order chi connectivity index (χ0) is 25.1. The molecule has 0 saturated heterocycles. The van der Waals surface area contributed by atoms with E-state index < -0.39 is 0 Å². The van der Waals surface area contributed by atoms with E-state index in [0.29, 0.717) is 32.0 Å². The largest absolute Gasteiger partial charge is 0.466 e. The fraction of sp³-hybridized carbons (Fsp3) is 0.933. The summed E-state index contributed by atoms with van der Waals surface area (Å²) in [6, 6.07) is 0. The number of ether oxygens (including phenoxy) is 2. The summed E-state index contributed by atoms with van der Waals surface area (Å²) < 4.78 is 10.8. The summed E-state index contributed by atoms with van der Waals surface area (Å²) in [5.74, 6) is 0.450. The van der Waals surface area contributed by atoms with Crippen LogP contribution in [-0.2, 0) is 19.1 Å². The molecule has 0 heterocycles. The topological polar surface area (TPSA) is 52.6 Å². The fourth-order valence-electron chi connectivity index (χ4n) is 4.50. The number of carbonyl (C=O) groups excluding carboxylic acids is 2. The molecule has 0 N–H and O–H groups in total. The van der Waals surface area contributed by atoms with Crippen LogP contribution >= 0.6 is 0 Å². The first kappa shape index (κ1) is 32.9. The lowest BCUT2D eigenvalue weighted by Crippen LogP contribution is -2.14. The van der Waals surface area contributed by atoms with Crippen molar-refractivity contribution in [2.24, 2.45) is 5.92 Å². The minimum absolute atomic E-state index is 0.0388. The molecule has 0 amide bonds. The second-order valence-electron chi connectivity index (χ2n) is 10.2. The third kappa shape index (κ3) is 24.1. The van der Waals surface area contributed by atoms with E-state index in [4.69, 9.17) is 9.47 Å². The molecule has 0 aromatic rings. The summed E-state index contributed by atoms with van der Waals surface area (Å²) in [5.41, 5.74) is 0. The van der Waals surface area contributed by atoms with Crippen molar-refractivity contribution in [3.05, 3.63) is 0 Å². The molecular formula is C30H58O4. The third-order valence-corrected chi connectivity index (χ3v) is 6.65. The van der Waals surface area contributed by atoms with Crippen LogP contribution in [-0.4, -0.2) is 25.2 Å². The van der Waals surface area contributed by atoms with Gasteiger partial charge in [0, 0.05) is 12.8 Å². The molecule has 0 aliphatic rings. The first-order chi connectivity index (χ1) is 16.6. The van der Waals surface area contributed by atoms with Gasteiger partial charge < -0.3 is 9.47 Å². The Balaban J connectivity index is 3.37. The van der Waals surface area contributed by atoms with Gasteiger partial charge in [0.25, 0.3) is 0 Å². The van der Waals surface area contributed by atoms with Crippen LogP contribution in [0.15, 0.2) is 0 Å². The van der Waals surface area contributed by atoms with E-state index in [1.165, 1.54) is 57.8 Å². The highest BCUT2D eigenvalue weighted by Gasteiger charge is 2.10. The van der Waals surface area contributed by atoms with Crippen LogP contribution in [0.1, 0.15) is 162 Å². The summed E-state index contributed by atoms with van der Waals surface area (Å²) in [4.78, 5) is 23.7. The van der Waals surface area contributed by atoms with Crippen LogP contribution in [0.4, 0.5) is 0 Å². The van der Waals surface area contributed by atoms with Gasteiger partial charge in [0.15, 0.2) is 0 Å². The minimum Gasteiger partial charge on any atom is -0.466 e. The van der Waals surface area contributed by atoms with Gasteiger partial charge in [-0.2, -0.15) is 0 Å². The SMILES string of the molecule is CCCCCCCCCCCCOC(=O)CCCCCCCCC(=O)OCC(CCC)CCC. The van der Waals surface area contributed by atoms with Gasteiger partial charge in [0.2, 0.25) is 0 Å². The van der Waals surface area contributed by atoms with E-state index in [2.05, 4.69) is 20.8 Å². The lowest BCUT2D eigenvalue weighted by Gasteiger charge is -2.15. The zero-order valence-corrected chi connectivity index (χ0v) is 23.2. The van der Waals surface area contributed by atoms with E-state index >= 15 is 0 Å². The number of esters is 2. The Bertz CT molecular complexity index is 443. The molecule has 0 bridgehead atoms. The van der Waals surface area contributed by atoms with Gasteiger partial charge in [-0.05, 0) is 38.0 Å². The lowest BCUT2D eigenvalue weighted by molar-refractivity contribution is -0.145. The first-order valence-electron chi connectivity index (χ1n) is 14.9. The van der Waals surface area contributed by atoms with Gasteiger partial charge in [0.1, 0.15) is 0 Å². The number of unbranched alkanes of at least 4 members (excludes halogenated alkanes) is 14. The van der Waals surface area contributed by atoms with E-state index in [0.717, 1.165) is 70.6 Å². The molecule has 0 saturated carbocycles. The summed E-state index contributed by atoms with van der Waals surface area (Å²) in [6.45, 7) is 7.81. The molecule has 4 nitrogen and oxygen atoms in total. The molecule has 0 fully saturated rings. The molecular weight excluding hydrogens is 424 g/mol. The van der Waals surface area contributed by atoms with E-state index in [1.807, 2.05) is 0 Å². The maximum atomic E-state index is 11.9. The molecule has 0 unspecified atom stereocenters. The Kier molecular flexibility index (Phi) is 25.7. The van der Waals surface area contributed by atoms with Crippen LogP contribution in [0.2, 0.25) is 0 Å². The average molecular weight is 483 g/mol.